The third kappa shape index (κ3) is 4.32. The fourth-order valence-electron chi connectivity index (χ4n) is 2.57. The molecule has 2 heterocycles. The van der Waals surface area contributed by atoms with Gasteiger partial charge in [-0.25, -0.2) is 0 Å². The molecule has 0 spiro atoms. The number of hydrogen-bond acceptors (Lipinski definition) is 8. The van der Waals surface area contributed by atoms with Crippen LogP contribution in [0.3, 0.4) is 0 Å². The van der Waals surface area contributed by atoms with E-state index < -0.39 is 12.1 Å². The molecule has 6 nitrogen and oxygen atoms in total. The molecular formula is C14H22O6S2. The van der Waals surface area contributed by atoms with E-state index >= 15 is 0 Å². The van der Waals surface area contributed by atoms with E-state index in [1.165, 1.54) is 11.8 Å². The van der Waals surface area contributed by atoms with Gasteiger partial charge in [-0.2, -0.15) is 0 Å². The molecule has 0 radical (unpaired) electrons. The van der Waals surface area contributed by atoms with Crippen LogP contribution in [-0.4, -0.2) is 53.6 Å². The number of ether oxygens (including phenoxy) is 5. The molecule has 0 aromatic carbocycles. The molecule has 2 rings (SSSR count). The van der Waals surface area contributed by atoms with E-state index in [4.69, 9.17) is 35.9 Å². The Balaban J connectivity index is 1.99. The highest BCUT2D eigenvalue weighted by molar-refractivity contribution is 8.22. The van der Waals surface area contributed by atoms with Crippen molar-refractivity contribution in [3.63, 3.8) is 0 Å². The summed E-state index contributed by atoms with van der Waals surface area (Å²) < 4.78 is 28.6. The first kappa shape index (κ1) is 17.9. The van der Waals surface area contributed by atoms with Gasteiger partial charge < -0.3 is 23.7 Å². The highest BCUT2D eigenvalue weighted by Crippen LogP contribution is 2.40. The lowest BCUT2D eigenvalue weighted by atomic mass is 10.1. The summed E-state index contributed by atoms with van der Waals surface area (Å²) in [6, 6.07) is 0. The average Bonchev–Trinajstić information content (AvgIpc) is 2.90. The molecule has 2 saturated heterocycles. The number of carbonyl (C=O) groups excluding carboxylic acids is 1. The first-order valence-electron chi connectivity index (χ1n) is 7.27. The van der Waals surface area contributed by atoms with Gasteiger partial charge in [0.1, 0.15) is 6.10 Å². The standard InChI is InChI=1S/C14H22O6S2/c1-5-16-9(15)7-6-8-10(18-13(21)22-4)11-12(17-8)20-14(2,3)19-11/h8,10-12H,5-7H2,1-4H3/t8-,10+,11-,12-/m1/s1. The molecule has 0 bridgehead atoms. The zero-order valence-electron chi connectivity index (χ0n) is 13.2. The summed E-state index contributed by atoms with van der Waals surface area (Å²) in [5, 5.41) is 0. The quantitative estimate of drug-likeness (QED) is 0.553. The summed E-state index contributed by atoms with van der Waals surface area (Å²) in [4.78, 5) is 11.5. The van der Waals surface area contributed by atoms with Crippen LogP contribution in [0, 0.1) is 0 Å². The lowest BCUT2D eigenvalue weighted by Crippen LogP contribution is -2.38. The van der Waals surface area contributed by atoms with Gasteiger partial charge in [-0.1, -0.05) is 11.8 Å². The molecule has 0 aromatic rings. The van der Waals surface area contributed by atoms with E-state index in [2.05, 4.69) is 0 Å². The molecule has 0 aliphatic carbocycles. The van der Waals surface area contributed by atoms with Crippen LogP contribution in [0.15, 0.2) is 0 Å². The van der Waals surface area contributed by atoms with Gasteiger partial charge in [-0.05, 0) is 45.7 Å². The summed E-state index contributed by atoms with van der Waals surface area (Å²) in [6.07, 6.45) is 1.01. The number of carbonyl (C=O) groups is 1. The number of fused-ring (bicyclic) bond motifs is 1. The summed E-state index contributed by atoms with van der Waals surface area (Å²) in [6.45, 7) is 5.80. The van der Waals surface area contributed by atoms with E-state index in [1.54, 1.807) is 6.92 Å². The van der Waals surface area contributed by atoms with Crippen LogP contribution in [-0.2, 0) is 28.5 Å². The fourth-order valence-corrected chi connectivity index (χ4v) is 2.89. The van der Waals surface area contributed by atoms with E-state index in [-0.39, 0.29) is 30.7 Å². The van der Waals surface area contributed by atoms with Crippen LogP contribution >= 0.6 is 24.0 Å². The Morgan fingerprint density at radius 1 is 1.36 bits per heavy atom. The zero-order chi connectivity index (χ0) is 16.3. The van der Waals surface area contributed by atoms with Crippen molar-refractivity contribution in [1.82, 2.24) is 0 Å². The summed E-state index contributed by atoms with van der Waals surface area (Å²) in [5.74, 6) is -0.971. The molecule has 2 fully saturated rings. The molecular weight excluding hydrogens is 328 g/mol. The Kier molecular flexibility index (Phi) is 6.07. The Hall–Kier alpha value is -0.410. The van der Waals surface area contributed by atoms with Crippen LogP contribution in [0.25, 0.3) is 0 Å². The first-order chi connectivity index (χ1) is 10.4. The number of rotatable bonds is 5. The van der Waals surface area contributed by atoms with Crippen molar-refractivity contribution >= 4 is 34.3 Å². The number of esters is 1. The normalized spacial score (nSPS) is 32.5. The van der Waals surface area contributed by atoms with Gasteiger partial charge in [0.05, 0.1) is 6.61 Å². The average molecular weight is 350 g/mol. The van der Waals surface area contributed by atoms with Crippen LogP contribution in [0.5, 0.6) is 0 Å². The number of thiocarbonyl (C=S) groups is 1. The predicted octanol–water partition coefficient (Wildman–Crippen LogP) is 2.24. The number of thioether (sulfide) groups is 1. The van der Waals surface area contributed by atoms with E-state index in [9.17, 15) is 4.79 Å². The van der Waals surface area contributed by atoms with Crippen molar-refractivity contribution in [2.75, 3.05) is 12.9 Å². The molecule has 0 N–H and O–H groups in total. The monoisotopic (exact) mass is 350 g/mol. The molecule has 2 aliphatic heterocycles. The smallest absolute Gasteiger partial charge is 0.305 e. The highest BCUT2D eigenvalue weighted by atomic mass is 32.2. The second kappa shape index (κ2) is 7.44. The van der Waals surface area contributed by atoms with Gasteiger partial charge in [0, 0.05) is 6.42 Å². The molecule has 0 aromatic heterocycles. The van der Waals surface area contributed by atoms with Crippen LogP contribution in [0.1, 0.15) is 33.6 Å². The third-order valence-electron chi connectivity index (χ3n) is 3.42. The van der Waals surface area contributed by atoms with Crippen molar-refractivity contribution < 1.29 is 28.5 Å². The molecule has 2 aliphatic rings. The van der Waals surface area contributed by atoms with E-state index in [0.29, 0.717) is 17.4 Å². The fraction of sp³-hybridized carbons (Fsp3) is 0.857. The molecule has 126 valence electrons. The molecule has 8 heteroatoms. The summed E-state index contributed by atoms with van der Waals surface area (Å²) in [7, 11) is 0. The van der Waals surface area contributed by atoms with Gasteiger partial charge >= 0.3 is 5.97 Å². The maximum atomic E-state index is 11.5. The van der Waals surface area contributed by atoms with E-state index in [0.717, 1.165) is 0 Å². The minimum absolute atomic E-state index is 0.253. The molecule has 0 saturated carbocycles. The topological polar surface area (TPSA) is 63.2 Å². The van der Waals surface area contributed by atoms with Crippen molar-refractivity contribution in [3.05, 3.63) is 0 Å². The maximum absolute atomic E-state index is 11.5. The Bertz CT molecular complexity index is 428. The van der Waals surface area contributed by atoms with Gasteiger partial charge in [-0.15, -0.1) is 0 Å². The summed E-state index contributed by atoms with van der Waals surface area (Å²) in [5.41, 5.74) is 0. The van der Waals surface area contributed by atoms with Crippen molar-refractivity contribution in [2.45, 2.75) is 64.0 Å². The second-order valence-electron chi connectivity index (χ2n) is 5.52. The minimum atomic E-state index is -0.718. The van der Waals surface area contributed by atoms with Crippen LogP contribution in [0.2, 0.25) is 0 Å². The van der Waals surface area contributed by atoms with Crippen molar-refractivity contribution in [1.29, 1.82) is 0 Å². The SMILES string of the molecule is CCOC(=O)CC[C@H]1O[C@@H]2OC(C)(C)O[C@@H]2[C@H]1OC(=S)SC. The Labute approximate surface area is 140 Å². The summed E-state index contributed by atoms with van der Waals surface area (Å²) >= 11 is 6.48. The lowest BCUT2D eigenvalue weighted by Gasteiger charge is -2.26. The van der Waals surface area contributed by atoms with Crippen LogP contribution in [0.4, 0.5) is 0 Å². The number of hydrogen-bond donors (Lipinski definition) is 0. The van der Waals surface area contributed by atoms with Gasteiger partial charge in [0.2, 0.25) is 4.38 Å². The zero-order valence-corrected chi connectivity index (χ0v) is 14.8. The van der Waals surface area contributed by atoms with Gasteiger partial charge in [0.25, 0.3) is 0 Å². The third-order valence-corrected chi connectivity index (χ3v) is 4.45. The Morgan fingerprint density at radius 3 is 2.73 bits per heavy atom. The molecule has 4 atom stereocenters. The van der Waals surface area contributed by atoms with E-state index in [1.807, 2.05) is 20.1 Å². The minimum Gasteiger partial charge on any atom is -0.469 e. The predicted molar refractivity (Wildman–Crippen MR) is 85.6 cm³/mol. The molecule has 0 amide bonds. The highest BCUT2D eigenvalue weighted by Gasteiger charge is 2.56. The molecule has 0 unspecified atom stereocenters. The van der Waals surface area contributed by atoms with Crippen molar-refractivity contribution in [2.24, 2.45) is 0 Å². The maximum Gasteiger partial charge on any atom is 0.305 e. The first-order valence-corrected chi connectivity index (χ1v) is 8.91. The van der Waals surface area contributed by atoms with Gasteiger partial charge in [-0.3, -0.25) is 4.79 Å². The second-order valence-corrected chi connectivity index (χ2v) is 6.93. The largest absolute Gasteiger partial charge is 0.469 e. The lowest BCUT2D eigenvalue weighted by molar-refractivity contribution is -0.214. The van der Waals surface area contributed by atoms with Crippen LogP contribution < -0.4 is 0 Å². The molecule has 22 heavy (non-hydrogen) atoms. The Morgan fingerprint density at radius 2 is 2.09 bits per heavy atom. The van der Waals surface area contributed by atoms with Gasteiger partial charge in [0.15, 0.2) is 24.3 Å². The van der Waals surface area contributed by atoms with Crippen molar-refractivity contribution in [3.8, 4) is 0 Å².